The topological polar surface area (TPSA) is 89.2 Å². The van der Waals surface area contributed by atoms with E-state index in [2.05, 4.69) is 9.97 Å². The van der Waals surface area contributed by atoms with E-state index in [4.69, 9.17) is 5.73 Å². The molecule has 19 heavy (non-hydrogen) atoms. The molecule has 0 bridgehead atoms. The van der Waals surface area contributed by atoms with Crippen molar-refractivity contribution in [1.82, 2.24) is 9.97 Å². The Kier molecular flexibility index (Phi) is 5.11. The predicted octanol–water partition coefficient (Wildman–Crippen LogP) is 0.801. The van der Waals surface area contributed by atoms with Gasteiger partial charge in [0.1, 0.15) is 27.3 Å². The third-order valence-corrected chi connectivity index (χ3v) is 3.76. The Morgan fingerprint density at radius 3 is 2.47 bits per heavy atom. The number of nitrogens with two attached hydrogens (primary N) is 1. The van der Waals surface area contributed by atoms with E-state index in [1.165, 1.54) is 6.26 Å². The van der Waals surface area contributed by atoms with Gasteiger partial charge in [-0.05, 0) is 13.3 Å². The fraction of sp³-hybridized carbons (Fsp3) is 0.667. The van der Waals surface area contributed by atoms with Gasteiger partial charge in [-0.15, -0.1) is 0 Å². The van der Waals surface area contributed by atoms with Crippen molar-refractivity contribution in [3.8, 4) is 0 Å². The van der Waals surface area contributed by atoms with Crippen LogP contribution in [0.25, 0.3) is 0 Å². The molecule has 1 rings (SSSR count). The SMILES string of the molecule is CCCc1nc(N)c(C)c(N(C)CCS(C)(=O)=O)n1. The van der Waals surface area contributed by atoms with Crippen LogP contribution in [0.5, 0.6) is 0 Å². The van der Waals surface area contributed by atoms with Gasteiger partial charge in [0.2, 0.25) is 0 Å². The summed E-state index contributed by atoms with van der Waals surface area (Å²) in [5, 5.41) is 0. The second-order valence-corrected chi connectivity index (χ2v) is 7.03. The van der Waals surface area contributed by atoms with Crippen LogP contribution in [-0.4, -0.2) is 44.0 Å². The fourth-order valence-corrected chi connectivity index (χ4v) is 2.29. The normalized spacial score (nSPS) is 11.6. The van der Waals surface area contributed by atoms with Crippen molar-refractivity contribution >= 4 is 21.5 Å². The molecule has 0 saturated heterocycles. The lowest BCUT2D eigenvalue weighted by Gasteiger charge is -2.21. The van der Waals surface area contributed by atoms with E-state index in [1.807, 2.05) is 25.8 Å². The zero-order valence-corrected chi connectivity index (χ0v) is 12.8. The molecule has 0 aliphatic carbocycles. The second kappa shape index (κ2) is 6.18. The highest BCUT2D eigenvalue weighted by Gasteiger charge is 2.14. The average molecular weight is 286 g/mol. The first-order valence-corrected chi connectivity index (χ1v) is 8.32. The molecule has 0 spiro atoms. The molecule has 0 fully saturated rings. The van der Waals surface area contributed by atoms with Crippen LogP contribution >= 0.6 is 0 Å². The lowest BCUT2D eigenvalue weighted by atomic mass is 10.2. The molecule has 0 atom stereocenters. The number of anilines is 2. The highest BCUT2D eigenvalue weighted by Crippen LogP contribution is 2.20. The number of hydrogen-bond donors (Lipinski definition) is 1. The Labute approximate surface area is 115 Å². The molecule has 0 aromatic carbocycles. The number of sulfone groups is 1. The molecule has 108 valence electrons. The zero-order chi connectivity index (χ0) is 14.6. The molecule has 0 aliphatic rings. The van der Waals surface area contributed by atoms with Gasteiger partial charge in [0.15, 0.2) is 0 Å². The van der Waals surface area contributed by atoms with E-state index < -0.39 is 9.84 Å². The average Bonchev–Trinajstić information content (AvgIpc) is 2.30. The van der Waals surface area contributed by atoms with Gasteiger partial charge >= 0.3 is 0 Å². The Balaban J connectivity index is 2.97. The van der Waals surface area contributed by atoms with Gasteiger partial charge in [-0.3, -0.25) is 0 Å². The molecular weight excluding hydrogens is 264 g/mol. The van der Waals surface area contributed by atoms with Crippen molar-refractivity contribution < 1.29 is 8.42 Å². The third kappa shape index (κ3) is 4.66. The summed E-state index contributed by atoms with van der Waals surface area (Å²) in [5.41, 5.74) is 6.66. The molecular formula is C12H22N4O2S. The largest absolute Gasteiger partial charge is 0.383 e. The van der Waals surface area contributed by atoms with Crippen molar-refractivity contribution in [1.29, 1.82) is 0 Å². The van der Waals surface area contributed by atoms with Crippen molar-refractivity contribution in [2.75, 3.05) is 36.2 Å². The molecule has 0 saturated carbocycles. The fourth-order valence-electron chi connectivity index (χ4n) is 1.68. The van der Waals surface area contributed by atoms with E-state index in [1.54, 1.807) is 0 Å². The smallest absolute Gasteiger partial charge is 0.149 e. The lowest BCUT2D eigenvalue weighted by molar-refractivity contribution is 0.601. The number of aromatic nitrogens is 2. The number of hydrogen-bond acceptors (Lipinski definition) is 6. The maximum absolute atomic E-state index is 11.2. The second-order valence-electron chi connectivity index (χ2n) is 4.78. The first-order valence-electron chi connectivity index (χ1n) is 6.26. The summed E-state index contributed by atoms with van der Waals surface area (Å²) in [4.78, 5) is 10.5. The standard InChI is InChI=1S/C12H22N4O2S/c1-5-6-10-14-11(13)9(2)12(15-10)16(3)7-8-19(4,17)18/h5-8H2,1-4H3,(H2,13,14,15). The van der Waals surface area contributed by atoms with Crippen LogP contribution < -0.4 is 10.6 Å². The van der Waals surface area contributed by atoms with Gasteiger partial charge in [0.25, 0.3) is 0 Å². The monoisotopic (exact) mass is 286 g/mol. The van der Waals surface area contributed by atoms with Crippen molar-refractivity contribution in [2.45, 2.75) is 26.7 Å². The number of nitrogens with zero attached hydrogens (tertiary/aromatic N) is 3. The molecule has 7 heteroatoms. The van der Waals surface area contributed by atoms with Gasteiger partial charge in [-0.1, -0.05) is 6.92 Å². The van der Waals surface area contributed by atoms with E-state index in [9.17, 15) is 8.42 Å². The summed E-state index contributed by atoms with van der Waals surface area (Å²) >= 11 is 0. The highest BCUT2D eigenvalue weighted by atomic mass is 32.2. The molecule has 0 aliphatic heterocycles. The molecule has 2 N–H and O–H groups in total. The summed E-state index contributed by atoms with van der Waals surface area (Å²) in [7, 11) is -1.17. The predicted molar refractivity (Wildman–Crippen MR) is 78.2 cm³/mol. The van der Waals surface area contributed by atoms with Crippen LogP contribution in [0.3, 0.4) is 0 Å². The van der Waals surface area contributed by atoms with Crippen molar-refractivity contribution in [2.24, 2.45) is 0 Å². The Bertz CT molecular complexity index is 543. The van der Waals surface area contributed by atoms with Crippen molar-refractivity contribution in [3.63, 3.8) is 0 Å². The van der Waals surface area contributed by atoms with Gasteiger partial charge in [0, 0.05) is 31.8 Å². The summed E-state index contributed by atoms with van der Waals surface area (Å²) < 4.78 is 22.4. The van der Waals surface area contributed by atoms with E-state index in [0.717, 1.165) is 18.4 Å². The minimum Gasteiger partial charge on any atom is -0.383 e. The number of aryl methyl sites for hydroxylation is 1. The lowest BCUT2D eigenvalue weighted by Crippen LogP contribution is -2.27. The first-order chi connectivity index (χ1) is 8.74. The molecule has 0 amide bonds. The van der Waals surface area contributed by atoms with Crippen LogP contribution in [0.15, 0.2) is 0 Å². The van der Waals surface area contributed by atoms with Gasteiger partial charge in [-0.25, -0.2) is 18.4 Å². The Morgan fingerprint density at radius 2 is 1.95 bits per heavy atom. The highest BCUT2D eigenvalue weighted by molar-refractivity contribution is 7.90. The minimum atomic E-state index is -2.99. The van der Waals surface area contributed by atoms with E-state index in [-0.39, 0.29) is 5.75 Å². The summed E-state index contributed by atoms with van der Waals surface area (Å²) in [6, 6.07) is 0. The number of nitrogen functional groups attached to an aromatic ring is 1. The molecule has 0 unspecified atom stereocenters. The maximum Gasteiger partial charge on any atom is 0.149 e. The molecule has 1 aromatic rings. The van der Waals surface area contributed by atoms with Crippen LogP contribution in [0.2, 0.25) is 0 Å². The Hall–Kier alpha value is -1.37. The van der Waals surface area contributed by atoms with E-state index >= 15 is 0 Å². The molecule has 6 nitrogen and oxygen atoms in total. The Morgan fingerprint density at radius 1 is 1.32 bits per heavy atom. The van der Waals surface area contributed by atoms with Gasteiger partial charge in [0.05, 0.1) is 5.75 Å². The molecule has 1 heterocycles. The van der Waals surface area contributed by atoms with E-state index in [0.29, 0.717) is 24.0 Å². The molecule has 1 aromatic heterocycles. The molecule has 0 radical (unpaired) electrons. The summed E-state index contributed by atoms with van der Waals surface area (Å²) in [6.45, 7) is 4.28. The van der Waals surface area contributed by atoms with Crippen LogP contribution in [0, 0.1) is 6.92 Å². The number of rotatable bonds is 6. The minimum absolute atomic E-state index is 0.0932. The summed E-state index contributed by atoms with van der Waals surface area (Å²) in [6.07, 6.45) is 2.93. The third-order valence-electron chi connectivity index (χ3n) is 2.84. The van der Waals surface area contributed by atoms with Gasteiger partial charge < -0.3 is 10.6 Å². The van der Waals surface area contributed by atoms with Crippen molar-refractivity contribution in [3.05, 3.63) is 11.4 Å². The zero-order valence-electron chi connectivity index (χ0n) is 12.0. The maximum atomic E-state index is 11.2. The quantitative estimate of drug-likeness (QED) is 0.832. The van der Waals surface area contributed by atoms with Crippen LogP contribution in [0.4, 0.5) is 11.6 Å². The first kappa shape index (κ1) is 15.7. The summed E-state index contributed by atoms with van der Waals surface area (Å²) in [5.74, 6) is 1.96. The van der Waals surface area contributed by atoms with Crippen LogP contribution in [-0.2, 0) is 16.3 Å². The van der Waals surface area contributed by atoms with Crippen LogP contribution in [0.1, 0.15) is 24.7 Å². The van der Waals surface area contributed by atoms with Gasteiger partial charge in [-0.2, -0.15) is 0 Å².